The van der Waals surface area contributed by atoms with Gasteiger partial charge in [-0.1, -0.05) is 67.6 Å². The summed E-state index contributed by atoms with van der Waals surface area (Å²) in [5, 5.41) is 0. The first-order valence-electron chi connectivity index (χ1n) is 10.8. The van der Waals surface area contributed by atoms with Gasteiger partial charge in [0.15, 0.2) is 0 Å². The van der Waals surface area contributed by atoms with E-state index < -0.39 is 0 Å². The van der Waals surface area contributed by atoms with E-state index in [1.54, 1.807) is 0 Å². The van der Waals surface area contributed by atoms with Crippen molar-refractivity contribution in [2.24, 2.45) is 0 Å². The van der Waals surface area contributed by atoms with Gasteiger partial charge in [0.25, 0.3) is 0 Å². The molecular weight excluding hydrogens is 352 g/mol. The molecule has 29 heavy (non-hydrogen) atoms. The summed E-state index contributed by atoms with van der Waals surface area (Å²) in [5.74, 6) is 1.57. The van der Waals surface area contributed by atoms with Crippen LogP contribution < -0.4 is 4.74 Å². The van der Waals surface area contributed by atoms with E-state index in [-0.39, 0.29) is 0 Å². The van der Waals surface area contributed by atoms with Crippen LogP contribution in [0, 0.1) is 0 Å². The van der Waals surface area contributed by atoms with Crippen LogP contribution in [0.2, 0.25) is 0 Å². The van der Waals surface area contributed by atoms with Crippen molar-refractivity contribution in [3.8, 4) is 16.9 Å². The standard InChI is InChI=1S/C28H30O/c1-3-5-18-29-28-16-14-23(15-17-28)25-11-13-26-19-24(10-12-27(26)20-25)22-8-6-21(4-2)7-9-22/h3,6-9,11,13-17,20,24H,1,4-5,10,12,18-19H2,2H3. The number of rotatable bonds is 7. The molecule has 1 unspecified atom stereocenters. The van der Waals surface area contributed by atoms with Crippen LogP contribution in [0.5, 0.6) is 5.75 Å². The van der Waals surface area contributed by atoms with Gasteiger partial charge in [-0.05, 0) is 83.5 Å². The molecule has 0 fully saturated rings. The summed E-state index contributed by atoms with van der Waals surface area (Å²) < 4.78 is 5.72. The number of ether oxygens (including phenoxy) is 1. The van der Waals surface area contributed by atoms with E-state index in [1.165, 1.54) is 39.8 Å². The SMILES string of the molecule is C=CCCOc1ccc(-c2ccc3c(c2)CCC(c2ccc(CC)cc2)C3)cc1. The van der Waals surface area contributed by atoms with Gasteiger partial charge in [0.2, 0.25) is 0 Å². The van der Waals surface area contributed by atoms with Crippen molar-refractivity contribution >= 4 is 0 Å². The monoisotopic (exact) mass is 382 g/mol. The largest absolute Gasteiger partial charge is 0.493 e. The third-order valence-electron chi connectivity index (χ3n) is 6.07. The van der Waals surface area contributed by atoms with Crippen molar-refractivity contribution < 1.29 is 4.74 Å². The van der Waals surface area contributed by atoms with Crippen LogP contribution in [0.25, 0.3) is 11.1 Å². The van der Waals surface area contributed by atoms with Crippen LogP contribution in [0.4, 0.5) is 0 Å². The minimum Gasteiger partial charge on any atom is -0.493 e. The Hall–Kier alpha value is -2.80. The molecule has 148 valence electrons. The Balaban J connectivity index is 1.46. The minimum atomic E-state index is 0.645. The molecule has 0 radical (unpaired) electrons. The lowest BCUT2D eigenvalue weighted by atomic mass is 9.79. The smallest absolute Gasteiger partial charge is 0.119 e. The number of hydrogen-bond donors (Lipinski definition) is 0. The van der Waals surface area contributed by atoms with Crippen molar-refractivity contribution in [2.45, 2.75) is 44.9 Å². The Labute approximate surface area is 175 Å². The predicted octanol–water partition coefficient (Wildman–Crippen LogP) is 7.14. The van der Waals surface area contributed by atoms with Gasteiger partial charge in [-0.3, -0.25) is 0 Å². The van der Waals surface area contributed by atoms with Gasteiger partial charge in [-0.15, -0.1) is 6.58 Å². The molecule has 1 nitrogen and oxygen atoms in total. The third-order valence-corrected chi connectivity index (χ3v) is 6.07. The highest BCUT2D eigenvalue weighted by molar-refractivity contribution is 5.66. The van der Waals surface area contributed by atoms with E-state index in [0.717, 1.165) is 31.4 Å². The number of hydrogen-bond acceptors (Lipinski definition) is 1. The summed E-state index contributed by atoms with van der Waals surface area (Å²) in [6.45, 7) is 6.63. The zero-order valence-electron chi connectivity index (χ0n) is 17.4. The van der Waals surface area contributed by atoms with Crippen molar-refractivity contribution in [2.75, 3.05) is 6.61 Å². The van der Waals surface area contributed by atoms with Gasteiger partial charge < -0.3 is 4.74 Å². The molecule has 0 aromatic heterocycles. The fourth-order valence-corrected chi connectivity index (χ4v) is 4.25. The number of aryl methyl sites for hydroxylation is 2. The van der Waals surface area contributed by atoms with Crippen molar-refractivity contribution in [3.63, 3.8) is 0 Å². The molecule has 1 atom stereocenters. The van der Waals surface area contributed by atoms with Gasteiger partial charge in [0.1, 0.15) is 5.75 Å². The minimum absolute atomic E-state index is 0.645. The topological polar surface area (TPSA) is 9.23 Å². The second kappa shape index (κ2) is 9.13. The highest BCUT2D eigenvalue weighted by atomic mass is 16.5. The zero-order chi connectivity index (χ0) is 20.1. The molecule has 0 aliphatic heterocycles. The van der Waals surface area contributed by atoms with Crippen LogP contribution in [0.1, 0.15) is 47.9 Å². The van der Waals surface area contributed by atoms with Crippen LogP contribution in [0.15, 0.2) is 79.4 Å². The fourth-order valence-electron chi connectivity index (χ4n) is 4.25. The molecule has 0 saturated heterocycles. The van der Waals surface area contributed by atoms with Crippen LogP contribution in [0.3, 0.4) is 0 Å². The molecule has 0 bridgehead atoms. The number of benzene rings is 3. The van der Waals surface area contributed by atoms with E-state index >= 15 is 0 Å². The summed E-state index contributed by atoms with van der Waals surface area (Å²) in [6, 6.07) is 24.7. The molecule has 0 N–H and O–H groups in total. The molecular formula is C28H30O. The highest BCUT2D eigenvalue weighted by Crippen LogP contribution is 2.35. The Bertz CT molecular complexity index is 951. The molecule has 3 aromatic carbocycles. The van der Waals surface area contributed by atoms with Crippen LogP contribution in [-0.2, 0) is 19.3 Å². The van der Waals surface area contributed by atoms with Crippen LogP contribution >= 0.6 is 0 Å². The maximum Gasteiger partial charge on any atom is 0.119 e. The van der Waals surface area contributed by atoms with E-state index in [4.69, 9.17) is 4.74 Å². The predicted molar refractivity (Wildman–Crippen MR) is 123 cm³/mol. The highest BCUT2D eigenvalue weighted by Gasteiger charge is 2.20. The van der Waals surface area contributed by atoms with E-state index in [2.05, 4.69) is 80.2 Å². The lowest BCUT2D eigenvalue weighted by Crippen LogP contribution is -2.12. The molecule has 1 aliphatic carbocycles. The third kappa shape index (κ3) is 4.62. The fraction of sp³-hybridized carbons (Fsp3) is 0.286. The van der Waals surface area contributed by atoms with Gasteiger partial charge in [-0.25, -0.2) is 0 Å². The Morgan fingerprint density at radius 2 is 1.69 bits per heavy atom. The molecule has 0 heterocycles. The lowest BCUT2D eigenvalue weighted by Gasteiger charge is -2.26. The van der Waals surface area contributed by atoms with Crippen molar-refractivity contribution in [1.82, 2.24) is 0 Å². The van der Waals surface area contributed by atoms with E-state index in [0.29, 0.717) is 12.5 Å². The second-order valence-corrected chi connectivity index (χ2v) is 7.97. The Kier molecular flexibility index (Phi) is 6.14. The van der Waals surface area contributed by atoms with Crippen molar-refractivity contribution in [3.05, 3.63) is 102 Å². The summed E-state index contributed by atoms with van der Waals surface area (Å²) >= 11 is 0. The van der Waals surface area contributed by atoms with Gasteiger partial charge >= 0.3 is 0 Å². The van der Waals surface area contributed by atoms with Gasteiger partial charge in [0.05, 0.1) is 6.61 Å². The normalized spacial score (nSPS) is 15.6. The molecule has 3 aromatic rings. The molecule has 1 aliphatic rings. The average Bonchev–Trinajstić information content (AvgIpc) is 2.79. The maximum absolute atomic E-state index is 5.72. The summed E-state index contributed by atoms with van der Waals surface area (Å²) in [4.78, 5) is 0. The number of fused-ring (bicyclic) bond motifs is 1. The van der Waals surface area contributed by atoms with Gasteiger partial charge in [0, 0.05) is 0 Å². The first kappa shape index (κ1) is 19.5. The van der Waals surface area contributed by atoms with Gasteiger partial charge in [-0.2, -0.15) is 0 Å². The van der Waals surface area contributed by atoms with E-state index in [1.807, 2.05) is 6.08 Å². The summed E-state index contributed by atoms with van der Waals surface area (Å²) in [7, 11) is 0. The van der Waals surface area contributed by atoms with Crippen molar-refractivity contribution in [1.29, 1.82) is 0 Å². The maximum atomic E-state index is 5.72. The molecule has 4 rings (SSSR count). The molecule has 1 heteroatoms. The lowest BCUT2D eigenvalue weighted by molar-refractivity contribution is 0.325. The second-order valence-electron chi connectivity index (χ2n) is 7.97. The summed E-state index contributed by atoms with van der Waals surface area (Å²) in [5.41, 5.74) is 8.48. The summed E-state index contributed by atoms with van der Waals surface area (Å²) in [6.07, 6.45) is 7.41. The van der Waals surface area contributed by atoms with Crippen LogP contribution in [-0.4, -0.2) is 6.61 Å². The molecule has 0 spiro atoms. The molecule has 0 saturated carbocycles. The molecule has 0 amide bonds. The first-order chi connectivity index (χ1) is 14.3. The first-order valence-corrected chi connectivity index (χ1v) is 10.8. The Morgan fingerprint density at radius 3 is 2.41 bits per heavy atom. The quantitative estimate of drug-likeness (QED) is 0.311. The van der Waals surface area contributed by atoms with E-state index in [9.17, 15) is 0 Å². The Morgan fingerprint density at radius 1 is 0.931 bits per heavy atom. The zero-order valence-corrected chi connectivity index (χ0v) is 17.4. The average molecular weight is 383 g/mol.